The summed E-state index contributed by atoms with van der Waals surface area (Å²) >= 11 is 0. The summed E-state index contributed by atoms with van der Waals surface area (Å²) in [5.74, 6) is 0.246. The average molecular weight is 354 g/mol. The Morgan fingerprint density at radius 2 is 1.88 bits per heavy atom. The fourth-order valence-electron chi connectivity index (χ4n) is 2.46. The Balaban J connectivity index is 1.57. The first-order chi connectivity index (χ1) is 12.5. The molecule has 1 heterocycles. The molecule has 0 aliphatic rings. The molecule has 0 radical (unpaired) electrons. The normalized spacial score (nSPS) is 10.7. The Labute approximate surface area is 149 Å². The number of phenolic OH excluding ortho intramolecular Hbond substituents is 1. The molecule has 134 valence electrons. The Morgan fingerprint density at radius 3 is 2.65 bits per heavy atom. The van der Waals surface area contributed by atoms with Crippen molar-refractivity contribution >= 4 is 16.9 Å². The minimum atomic E-state index is -0.572. The number of aromatic hydroxyl groups is 1. The number of ether oxygens (including phenoxy) is 2. The molecule has 3 rings (SSSR count). The lowest BCUT2D eigenvalue weighted by Gasteiger charge is -2.08. The van der Waals surface area contributed by atoms with Crippen molar-refractivity contribution in [2.45, 2.75) is 20.0 Å². The predicted octanol–water partition coefficient (Wildman–Crippen LogP) is 3.32. The van der Waals surface area contributed by atoms with Gasteiger partial charge in [0.05, 0.1) is 13.0 Å². The van der Waals surface area contributed by atoms with Crippen LogP contribution < -0.4 is 10.4 Å². The van der Waals surface area contributed by atoms with Crippen LogP contribution in [0.4, 0.5) is 0 Å². The standard InChI is InChI=1S/C20H18O6/c1-13-2-5-16(6-3-13)24-9-8-19(22)25-12-14-10-20(23)26-18-11-15(21)4-7-17(14)18/h2-7,10-11,21H,8-9,12H2,1H3. The fraction of sp³-hybridized carbons (Fsp3) is 0.200. The molecule has 0 bridgehead atoms. The van der Waals surface area contributed by atoms with Gasteiger partial charge in [-0.2, -0.15) is 0 Å². The number of carbonyl (C=O) groups is 1. The van der Waals surface area contributed by atoms with E-state index in [1.165, 1.54) is 18.2 Å². The quantitative estimate of drug-likeness (QED) is 0.540. The lowest BCUT2D eigenvalue weighted by Crippen LogP contribution is -2.11. The maximum Gasteiger partial charge on any atom is 0.336 e. The summed E-state index contributed by atoms with van der Waals surface area (Å²) in [6.45, 7) is 2.13. The number of carbonyl (C=O) groups excluding carboxylic acids is 1. The van der Waals surface area contributed by atoms with Crippen LogP contribution in [0.3, 0.4) is 0 Å². The van der Waals surface area contributed by atoms with Crippen LogP contribution in [0.5, 0.6) is 11.5 Å². The van der Waals surface area contributed by atoms with Gasteiger partial charge in [0.15, 0.2) is 0 Å². The maximum absolute atomic E-state index is 11.9. The van der Waals surface area contributed by atoms with Gasteiger partial charge >= 0.3 is 11.6 Å². The molecule has 0 unspecified atom stereocenters. The number of hydrogen-bond donors (Lipinski definition) is 1. The zero-order chi connectivity index (χ0) is 18.5. The summed E-state index contributed by atoms with van der Waals surface area (Å²) in [5, 5.41) is 10.1. The van der Waals surface area contributed by atoms with Crippen molar-refractivity contribution in [1.29, 1.82) is 0 Å². The topological polar surface area (TPSA) is 86.0 Å². The highest BCUT2D eigenvalue weighted by Crippen LogP contribution is 2.22. The molecule has 0 atom stereocenters. The molecule has 0 aliphatic heterocycles. The number of aryl methyl sites for hydroxylation is 1. The number of fused-ring (bicyclic) bond motifs is 1. The third-order valence-electron chi connectivity index (χ3n) is 3.80. The number of hydrogen-bond acceptors (Lipinski definition) is 6. The fourth-order valence-corrected chi connectivity index (χ4v) is 2.46. The van der Waals surface area contributed by atoms with Crippen molar-refractivity contribution in [3.8, 4) is 11.5 Å². The number of rotatable bonds is 6. The van der Waals surface area contributed by atoms with E-state index in [9.17, 15) is 14.7 Å². The second-order valence-electron chi connectivity index (χ2n) is 5.84. The summed E-state index contributed by atoms with van der Waals surface area (Å²) in [4.78, 5) is 23.5. The lowest BCUT2D eigenvalue weighted by atomic mass is 10.1. The SMILES string of the molecule is Cc1ccc(OCCC(=O)OCc2cc(=O)oc3cc(O)ccc23)cc1. The molecule has 1 N–H and O–H groups in total. The molecule has 6 nitrogen and oxygen atoms in total. The molecule has 26 heavy (non-hydrogen) atoms. The summed E-state index contributed by atoms with van der Waals surface area (Å²) in [5.41, 5.74) is 1.32. The van der Waals surface area contributed by atoms with E-state index in [0.717, 1.165) is 5.56 Å². The van der Waals surface area contributed by atoms with Gasteiger partial charge in [0.2, 0.25) is 0 Å². The summed E-state index contributed by atoms with van der Waals surface area (Å²) in [6, 6.07) is 13.2. The van der Waals surface area contributed by atoms with Gasteiger partial charge < -0.3 is 19.0 Å². The van der Waals surface area contributed by atoms with Crippen molar-refractivity contribution in [2.24, 2.45) is 0 Å². The third-order valence-corrected chi connectivity index (χ3v) is 3.80. The Hall–Kier alpha value is -3.28. The molecule has 1 aromatic heterocycles. The van der Waals surface area contributed by atoms with Crippen LogP contribution in [0, 0.1) is 6.92 Å². The zero-order valence-electron chi connectivity index (χ0n) is 14.2. The number of benzene rings is 2. The van der Waals surface area contributed by atoms with Gasteiger partial charge in [0.25, 0.3) is 0 Å². The molecular weight excluding hydrogens is 336 g/mol. The van der Waals surface area contributed by atoms with Gasteiger partial charge in [-0.3, -0.25) is 4.79 Å². The average Bonchev–Trinajstić information content (AvgIpc) is 2.61. The summed E-state index contributed by atoms with van der Waals surface area (Å²) in [7, 11) is 0. The van der Waals surface area contributed by atoms with Gasteiger partial charge in [-0.05, 0) is 31.2 Å². The van der Waals surface area contributed by atoms with E-state index in [1.54, 1.807) is 6.07 Å². The lowest BCUT2D eigenvalue weighted by molar-refractivity contribution is -0.145. The minimum Gasteiger partial charge on any atom is -0.508 e. The monoisotopic (exact) mass is 354 g/mol. The van der Waals surface area contributed by atoms with E-state index in [1.807, 2.05) is 31.2 Å². The predicted molar refractivity (Wildman–Crippen MR) is 95.2 cm³/mol. The molecule has 0 spiro atoms. The zero-order valence-corrected chi connectivity index (χ0v) is 14.2. The number of phenols is 1. The van der Waals surface area contributed by atoms with E-state index in [0.29, 0.717) is 16.7 Å². The molecule has 0 amide bonds. The van der Waals surface area contributed by atoms with Crippen molar-refractivity contribution < 1.29 is 23.8 Å². The largest absolute Gasteiger partial charge is 0.508 e. The Bertz CT molecular complexity index is 972. The first-order valence-corrected chi connectivity index (χ1v) is 8.12. The molecule has 2 aromatic carbocycles. The molecule has 0 aliphatic carbocycles. The third kappa shape index (κ3) is 4.42. The molecule has 6 heteroatoms. The highest BCUT2D eigenvalue weighted by molar-refractivity contribution is 5.81. The molecule has 0 saturated carbocycles. The minimum absolute atomic E-state index is 0.0111. The highest BCUT2D eigenvalue weighted by Gasteiger charge is 2.10. The van der Waals surface area contributed by atoms with Gasteiger partial charge in [0, 0.05) is 23.1 Å². The second-order valence-corrected chi connectivity index (χ2v) is 5.84. The number of esters is 1. The van der Waals surface area contributed by atoms with Crippen molar-refractivity contribution in [3.05, 3.63) is 70.1 Å². The van der Waals surface area contributed by atoms with Crippen molar-refractivity contribution in [2.75, 3.05) is 6.61 Å². The molecular formula is C20H18O6. The van der Waals surface area contributed by atoms with Gasteiger partial charge in [0.1, 0.15) is 23.7 Å². The second kappa shape index (κ2) is 7.74. The highest BCUT2D eigenvalue weighted by atomic mass is 16.5. The van der Waals surface area contributed by atoms with Gasteiger partial charge in [-0.1, -0.05) is 17.7 Å². The maximum atomic E-state index is 11.9. The van der Waals surface area contributed by atoms with Gasteiger partial charge in [-0.15, -0.1) is 0 Å². The first-order valence-electron chi connectivity index (χ1n) is 8.12. The van der Waals surface area contributed by atoms with Crippen molar-refractivity contribution in [3.63, 3.8) is 0 Å². The first kappa shape index (κ1) is 17.5. The van der Waals surface area contributed by atoms with E-state index >= 15 is 0 Å². The molecule has 0 fully saturated rings. The summed E-state index contributed by atoms with van der Waals surface area (Å²) < 4.78 is 15.7. The summed E-state index contributed by atoms with van der Waals surface area (Å²) in [6.07, 6.45) is 0.0913. The molecule has 3 aromatic rings. The smallest absolute Gasteiger partial charge is 0.336 e. The van der Waals surface area contributed by atoms with Crippen molar-refractivity contribution in [1.82, 2.24) is 0 Å². The van der Waals surface area contributed by atoms with Crippen LogP contribution >= 0.6 is 0 Å². The Morgan fingerprint density at radius 1 is 1.12 bits per heavy atom. The van der Waals surface area contributed by atoms with Crippen LogP contribution in [-0.4, -0.2) is 17.7 Å². The van der Waals surface area contributed by atoms with E-state index in [2.05, 4.69) is 0 Å². The van der Waals surface area contributed by atoms with Crippen LogP contribution in [-0.2, 0) is 16.1 Å². The van der Waals surface area contributed by atoms with Crippen LogP contribution in [0.25, 0.3) is 11.0 Å². The van der Waals surface area contributed by atoms with Crippen LogP contribution in [0.15, 0.2) is 57.7 Å². The van der Waals surface area contributed by atoms with Gasteiger partial charge in [-0.25, -0.2) is 4.79 Å². The van der Waals surface area contributed by atoms with E-state index in [-0.39, 0.29) is 31.0 Å². The molecule has 0 saturated heterocycles. The van der Waals surface area contributed by atoms with E-state index in [4.69, 9.17) is 13.9 Å². The Kier molecular flexibility index (Phi) is 5.22. The van der Waals surface area contributed by atoms with Crippen LogP contribution in [0.1, 0.15) is 17.5 Å². The van der Waals surface area contributed by atoms with E-state index < -0.39 is 11.6 Å². The van der Waals surface area contributed by atoms with Crippen LogP contribution in [0.2, 0.25) is 0 Å².